The molecule has 0 aliphatic carbocycles. The molecule has 3 heterocycles. The van der Waals surface area contributed by atoms with Crippen LogP contribution in [0.15, 0.2) is 29.3 Å². The van der Waals surface area contributed by atoms with Crippen LogP contribution in [-0.2, 0) is 11.3 Å². The van der Waals surface area contributed by atoms with E-state index in [1.807, 2.05) is 28.8 Å². The van der Waals surface area contributed by atoms with Crippen LogP contribution in [0.1, 0.15) is 28.5 Å². The van der Waals surface area contributed by atoms with E-state index in [0.717, 1.165) is 23.7 Å². The molecule has 0 spiro atoms. The lowest BCUT2D eigenvalue weighted by Crippen LogP contribution is -2.38. The third kappa shape index (κ3) is 3.73. The molecule has 0 saturated carbocycles. The van der Waals surface area contributed by atoms with Gasteiger partial charge in [-0.15, -0.1) is 0 Å². The van der Waals surface area contributed by atoms with Gasteiger partial charge in [-0.1, -0.05) is 6.07 Å². The number of hydrogen-bond acceptors (Lipinski definition) is 6. The number of carbonyl (C=O) groups excluding carboxylic acids is 1. The molecule has 148 valence electrons. The fourth-order valence-electron chi connectivity index (χ4n) is 3.43. The number of aryl methyl sites for hydroxylation is 1. The Labute approximate surface area is 167 Å². The van der Waals surface area contributed by atoms with E-state index in [4.69, 9.17) is 9.47 Å². The summed E-state index contributed by atoms with van der Waals surface area (Å²) >= 11 is 1.85. The molecule has 2 aromatic rings. The van der Waals surface area contributed by atoms with Gasteiger partial charge in [0.25, 0.3) is 5.56 Å². The number of fused-ring (bicyclic) bond motifs is 1. The third-order valence-electron chi connectivity index (χ3n) is 5.28. The molecule has 1 saturated heterocycles. The first-order valence-corrected chi connectivity index (χ1v) is 10.4. The van der Waals surface area contributed by atoms with Crippen molar-refractivity contribution in [3.05, 3.63) is 51.7 Å². The van der Waals surface area contributed by atoms with Crippen LogP contribution in [0.2, 0.25) is 0 Å². The van der Waals surface area contributed by atoms with Gasteiger partial charge >= 0.3 is 0 Å². The summed E-state index contributed by atoms with van der Waals surface area (Å²) in [5, 5.41) is 0.304. The Bertz CT molecular complexity index is 959. The molecule has 0 bridgehead atoms. The van der Waals surface area contributed by atoms with E-state index in [1.54, 1.807) is 13.8 Å². The predicted octanol–water partition coefficient (Wildman–Crippen LogP) is 2.30. The van der Waals surface area contributed by atoms with Crippen molar-refractivity contribution in [1.29, 1.82) is 0 Å². The van der Waals surface area contributed by atoms with E-state index in [9.17, 15) is 9.59 Å². The number of rotatable bonds is 3. The van der Waals surface area contributed by atoms with Gasteiger partial charge < -0.3 is 14.4 Å². The molecule has 0 N–H and O–H groups in total. The molecule has 2 aliphatic heterocycles. The lowest BCUT2D eigenvalue weighted by molar-refractivity contribution is -0.131. The molecule has 1 unspecified atom stereocenters. The van der Waals surface area contributed by atoms with Crippen molar-refractivity contribution in [2.24, 2.45) is 0 Å². The quantitative estimate of drug-likeness (QED) is 0.786. The highest BCUT2D eigenvalue weighted by atomic mass is 32.2. The summed E-state index contributed by atoms with van der Waals surface area (Å²) in [4.78, 5) is 31.1. The topological polar surface area (TPSA) is 73.7 Å². The van der Waals surface area contributed by atoms with Gasteiger partial charge in [-0.3, -0.25) is 14.2 Å². The van der Waals surface area contributed by atoms with Crippen LogP contribution in [0.3, 0.4) is 0 Å². The second-order valence-electron chi connectivity index (χ2n) is 7.03. The normalized spacial score (nSPS) is 18.8. The van der Waals surface area contributed by atoms with Crippen molar-refractivity contribution < 1.29 is 14.3 Å². The monoisotopic (exact) mass is 401 g/mol. The summed E-state index contributed by atoms with van der Waals surface area (Å²) in [5.41, 5.74) is 2.33. The molecule has 2 aliphatic rings. The second-order valence-corrected chi connectivity index (χ2v) is 8.34. The van der Waals surface area contributed by atoms with Gasteiger partial charge in [-0.25, -0.2) is 4.98 Å². The van der Waals surface area contributed by atoms with E-state index in [2.05, 4.69) is 11.1 Å². The first kappa shape index (κ1) is 18.9. The van der Waals surface area contributed by atoms with E-state index in [1.165, 1.54) is 16.5 Å². The number of ether oxygens (including phenoxy) is 2. The second kappa shape index (κ2) is 7.87. The summed E-state index contributed by atoms with van der Waals surface area (Å²) < 4.78 is 12.3. The highest BCUT2D eigenvalue weighted by Crippen LogP contribution is 2.40. The summed E-state index contributed by atoms with van der Waals surface area (Å²) in [6.45, 7) is 5.18. The van der Waals surface area contributed by atoms with Gasteiger partial charge in [-0.05, 0) is 38.0 Å². The first-order chi connectivity index (χ1) is 13.5. The summed E-state index contributed by atoms with van der Waals surface area (Å²) in [7, 11) is 0. The number of aromatic nitrogens is 2. The van der Waals surface area contributed by atoms with Crippen molar-refractivity contribution in [3.63, 3.8) is 0 Å². The molecule has 28 heavy (non-hydrogen) atoms. The van der Waals surface area contributed by atoms with E-state index in [0.29, 0.717) is 29.6 Å². The number of nitrogens with zero attached hydrogens (tertiary/aromatic N) is 3. The molecule has 8 heteroatoms. The molecule has 4 rings (SSSR count). The lowest BCUT2D eigenvalue weighted by Gasteiger charge is -2.21. The predicted molar refractivity (Wildman–Crippen MR) is 107 cm³/mol. The molecule has 1 fully saturated rings. The maximum atomic E-state index is 12.8. The van der Waals surface area contributed by atoms with Crippen LogP contribution in [0.4, 0.5) is 0 Å². The van der Waals surface area contributed by atoms with Crippen molar-refractivity contribution in [1.82, 2.24) is 14.5 Å². The van der Waals surface area contributed by atoms with Crippen molar-refractivity contribution in [2.75, 3.05) is 25.6 Å². The Hall–Kier alpha value is -2.48. The SMILES string of the molecule is Cc1ncn(CC(=O)N2CCSC(c3ccc4c(c3)OCO4)CC2)c(=O)c1C. The minimum Gasteiger partial charge on any atom is -0.454 e. The van der Waals surface area contributed by atoms with Gasteiger partial charge in [0.05, 0.1) is 6.33 Å². The Morgan fingerprint density at radius 1 is 1.25 bits per heavy atom. The summed E-state index contributed by atoms with van der Waals surface area (Å²) in [6.07, 6.45) is 2.32. The van der Waals surface area contributed by atoms with E-state index >= 15 is 0 Å². The Kier molecular flexibility index (Phi) is 5.30. The first-order valence-electron chi connectivity index (χ1n) is 9.34. The third-order valence-corrected chi connectivity index (χ3v) is 6.61. The molecule has 1 amide bonds. The maximum Gasteiger partial charge on any atom is 0.256 e. The van der Waals surface area contributed by atoms with Crippen molar-refractivity contribution in [3.8, 4) is 11.5 Å². The molecule has 1 aromatic heterocycles. The van der Waals surface area contributed by atoms with Gasteiger partial charge in [-0.2, -0.15) is 11.8 Å². The zero-order valence-electron chi connectivity index (χ0n) is 16.0. The maximum absolute atomic E-state index is 12.8. The van der Waals surface area contributed by atoms with Crippen LogP contribution in [0, 0.1) is 13.8 Å². The molecular formula is C20H23N3O4S. The van der Waals surface area contributed by atoms with Gasteiger partial charge in [0.1, 0.15) is 6.54 Å². The fourth-order valence-corrected chi connectivity index (χ4v) is 4.65. The highest BCUT2D eigenvalue weighted by Gasteiger charge is 2.24. The number of amides is 1. The number of thioether (sulfide) groups is 1. The van der Waals surface area contributed by atoms with Crippen LogP contribution < -0.4 is 15.0 Å². The van der Waals surface area contributed by atoms with Crippen LogP contribution in [0.5, 0.6) is 11.5 Å². The lowest BCUT2D eigenvalue weighted by atomic mass is 10.1. The minimum atomic E-state index is -0.150. The summed E-state index contributed by atoms with van der Waals surface area (Å²) in [6, 6.07) is 6.06. The average Bonchev–Trinajstić information content (AvgIpc) is 3.03. The van der Waals surface area contributed by atoms with E-state index < -0.39 is 0 Å². The molecule has 1 atom stereocenters. The minimum absolute atomic E-state index is 0.0340. The van der Waals surface area contributed by atoms with E-state index in [-0.39, 0.29) is 24.8 Å². The van der Waals surface area contributed by atoms with Crippen molar-refractivity contribution >= 4 is 17.7 Å². The molecular weight excluding hydrogens is 378 g/mol. The van der Waals surface area contributed by atoms with Gasteiger partial charge in [0.2, 0.25) is 12.7 Å². The van der Waals surface area contributed by atoms with Gasteiger partial charge in [0, 0.05) is 35.3 Å². The standard InChI is InChI=1S/C20H23N3O4S/c1-13-14(2)21-11-23(20(13)25)10-19(24)22-6-5-18(28-8-7-22)15-3-4-16-17(9-15)27-12-26-16/h3-4,9,11,18H,5-8,10,12H2,1-2H3. The van der Waals surface area contributed by atoms with Crippen LogP contribution in [0.25, 0.3) is 0 Å². The van der Waals surface area contributed by atoms with Crippen LogP contribution in [-0.4, -0.2) is 46.0 Å². The average molecular weight is 401 g/mol. The Balaban J connectivity index is 1.42. The van der Waals surface area contributed by atoms with Gasteiger partial charge in [0.15, 0.2) is 11.5 Å². The zero-order chi connectivity index (χ0) is 19.7. The highest BCUT2D eigenvalue weighted by molar-refractivity contribution is 7.99. The smallest absolute Gasteiger partial charge is 0.256 e. The summed E-state index contributed by atoms with van der Waals surface area (Å²) in [5.74, 6) is 2.38. The Morgan fingerprint density at radius 3 is 2.93 bits per heavy atom. The molecule has 7 nitrogen and oxygen atoms in total. The fraction of sp³-hybridized carbons (Fsp3) is 0.450. The largest absolute Gasteiger partial charge is 0.454 e. The number of hydrogen-bond donors (Lipinski definition) is 0. The van der Waals surface area contributed by atoms with Crippen molar-refractivity contribution in [2.45, 2.75) is 32.1 Å². The number of benzene rings is 1. The number of carbonyl (C=O) groups is 1. The zero-order valence-corrected chi connectivity index (χ0v) is 16.8. The van der Waals surface area contributed by atoms with Crippen LogP contribution >= 0.6 is 11.8 Å². The Morgan fingerprint density at radius 2 is 2.07 bits per heavy atom. The molecule has 1 aromatic carbocycles. The molecule has 0 radical (unpaired) electrons.